The lowest BCUT2D eigenvalue weighted by atomic mass is 9.96. The van der Waals surface area contributed by atoms with E-state index in [9.17, 15) is 19.2 Å². The second-order valence-electron chi connectivity index (χ2n) is 37.7. The minimum atomic E-state index is -0.0781. The van der Waals surface area contributed by atoms with Gasteiger partial charge in [-0.25, -0.2) is 39.9 Å². The van der Waals surface area contributed by atoms with Crippen LogP contribution in [0, 0.1) is 51.4 Å². The van der Waals surface area contributed by atoms with Gasteiger partial charge in [-0.1, -0.05) is 171 Å². The van der Waals surface area contributed by atoms with Gasteiger partial charge in [0.25, 0.3) is 22.2 Å². The highest BCUT2D eigenvalue weighted by Crippen LogP contribution is 2.36. The van der Waals surface area contributed by atoms with E-state index in [1.54, 1.807) is 0 Å². The fraction of sp³-hybridized carbons (Fsp3) is 0.551. The largest absolute Gasteiger partial charge is 0.372 e. The summed E-state index contributed by atoms with van der Waals surface area (Å²) in [4.78, 5) is 103. The lowest BCUT2D eigenvalue weighted by molar-refractivity contribution is 0.666. The first-order valence-corrected chi connectivity index (χ1v) is 49.1. The monoisotopic (exact) mass is 1780 g/mol. The van der Waals surface area contributed by atoms with E-state index in [2.05, 4.69) is 307 Å². The molecule has 0 saturated heterocycles. The molecule has 0 radical (unpaired) electrons. The summed E-state index contributed by atoms with van der Waals surface area (Å²) < 4.78 is 5.94. The molecule has 12 rings (SSSR count). The molecule has 4 aliphatic heterocycles. The Labute approximate surface area is 782 Å². The van der Waals surface area contributed by atoms with Gasteiger partial charge >= 0.3 is 0 Å². The molecule has 0 fully saturated rings. The Kier molecular flexibility index (Phi) is 36.7. The molecule has 0 amide bonds. The molecule has 0 unspecified atom stereocenters. The van der Waals surface area contributed by atoms with Crippen LogP contribution in [-0.4, -0.2) is 137 Å². The Morgan fingerprint density at radius 2 is 0.511 bits per heavy atom. The number of benzene rings is 4. The lowest BCUT2D eigenvalue weighted by Crippen LogP contribution is -2.28. The van der Waals surface area contributed by atoms with Crippen molar-refractivity contribution in [2.24, 2.45) is 64.0 Å². The summed E-state index contributed by atoms with van der Waals surface area (Å²) in [5.41, 5.74) is 25.2. The van der Waals surface area contributed by atoms with Crippen molar-refractivity contribution in [3.8, 4) is 0 Å². The predicted octanol–water partition coefficient (Wildman–Crippen LogP) is 23.2. The van der Waals surface area contributed by atoms with Gasteiger partial charge in [0.2, 0.25) is 0 Å². The molecule has 0 spiro atoms. The van der Waals surface area contributed by atoms with Crippen LogP contribution in [-0.2, 0) is 19.3 Å². The normalized spacial score (nSPS) is 14.4. The zero-order valence-electron chi connectivity index (χ0n) is 85.7. The van der Waals surface area contributed by atoms with Gasteiger partial charge in [0.15, 0.2) is 23.3 Å². The van der Waals surface area contributed by atoms with E-state index in [1.165, 1.54) is 41.5 Å². The summed E-state index contributed by atoms with van der Waals surface area (Å²) in [6.45, 7) is 77.2. The van der Waals surface area contributed by atoms with Crippen LogP contribution in [0.3, 0.4) is 0 Å². The highest BCUT2D eigenvalue weighted by atomic mass is 16.2. The van der Waals surface area contributed by atoms with Crippen molar-refractivity contribution in [1.29, 1.82) is 0 Å². The molecule has 131 heavy (non-hydrogen) atoms. The van der Waals surface area contributed by atoms with Crippen LogP contribution < -0.4 is 41.8 Å². The van der Waals surface area contributed by atoms with Crippen LogP contribution in [0.2, 0.25) is 0 Å². The molecule has 706 valence electrons. The van der Waals surface area contributed by atoms with Gasteiger partial charge in [-0.2, -0.15) is 39.1 Å². The molecule has 4 aromatic carbocycles. The van der Waals surface area contributed by atoms with Crippen LogP contribution in [0.5, 0.6) is 0 Å². The molecule has 0 N–H and O–H groups in total. The van der Waals surface area contributed by atoms with E-state index in [0.29, 0.717) is 52.6 Å². The topological polar surface area (TPSA) is 251 Å². The number of aromatic nitrogens is 8. The number of unbranched alkanes of at least 4 members (excludes halogenated alkanes) is 3. The lowest BCUT2D eigenvalue weighted by Gasteiger charge is -2.21. The first-order chi connectivity index (χ1) is 62.3. The SMILES string of the molecule is CCCCCc1c(C(C)C)nc2n(c1=O)N=C(C(C)C)C2=Nc1ccc(N(CC)CC)cc1C.CCCCc1c(C(C)C)nc2n(c1=O)N=C(C(C)C)C2=Nc1ccc(N(CC)CC)cc1C.CCCc1c(C(C)C)nc2n(c1=O)N=C(C(C)C)C2=Nc1ccc(N(CC)CC)cc1C.CCN(CC)c1ccc(N=C2C(C(C)C)=Nn3c2nc(C(C)C)c(C(C)C)c3=O)c(C)c1. The zero-order chi connectivity index (χ0) is 96.6. The highest BCUT2D eigenvalue weighted by molar-refractivity contribution is 6.51. The van der Waals surface area contributed by atoms with E-state index in [0.717, 1.165) is 217 Å². The number of rotatable bonds is 34. The number of aryl methyl sites for hydroxylation is 4. The van der Waals surface area contributed by atoms with Crippen molar-refractivity contribution in [2.75, 3.05) is 72.0 Å². The molecule has 4 aliphatic rings. The summed E-state index contributed by atoms with van der Waals surface area (Å²) in [6.07, 6.45) is 8.32. The van der Waals surface area contributed by atoms with Gasteiger partial charge in [0, 0.05) is 97.4 Å². The maximum atomic E-state index is 13.6. The van der Waals surface area contributed by atoms with Crippen molar-refractivity contribution < 1.29 is 0 Å². The van der Waals surface area contributed by atoms with Gasteiger partial charge in [0.1, 0.15) is 22.8 Å². The van der Waals surface area contributed by atoms with Crippen LogP contribution in [0.25, 0.3) is 0 Å². The number of aliphatic imine (C=N–C) groups is 4. The van der Waals surface area contributed by atoms with E-state index >= 15 is 0 Å². The van der Waals surface area contributed by atoms with E-state index in [-0.39, 0.29) is 75.5 Å². The Morgan fingerprint density at radius 3 is 0.725 bits per heavy atom. The standard InChI is InChI=1S/C28H41N5O.C27H39N5O.2C26H37N5O/c1-9-12-13-14-22-24(18(4)5)30-27-26(25(19(6)7)31-33(27)28(22)34)29-23-16-15-21(17-20(23)8)32(10-2)11-3;1-9-12-13-21-23(17(4)5)29-26-25(24(18(6)7)30-32(26)27(21)33)28-22-15-14-20(16-19(22)8)31(10-2)11-3;1-10-30(11-2)19-12-13-20(18(9)14-19)27-24-23(17(7)8)29-31-25(24)28-22(16(5)6)21(15(3)4)26(31)32;1-9-12-20-22(16(4)5)28-25-24(23(17(6)7)29-31(25)26(20)32)27-21-14-13-19(15-18(21)8)30(10-2)11-3/h15-19H,9-14H2,1-8H3;14-18H,9-13H2,1-8H3;12-17H,10-11H2,1-9H3;13-17H,9-12H2,1-8H3. The third-order valence-electron chi connectivity index (χ3n) is 24.8. The molecule has 8 heterocycles. The first kappa shape index (κ1) is 104. The van der Waals surface area contributed by atoms with Crippen molar-refractivity contribution >= 4 is 91.2 Å². The summed E-state index contributed by atoms with van der Waals surface area (Å²) >= 11 is 0. The van der Waals surface area contributed by atoms with Crippen molar-refractivity contribution in [3.05, 3.63) is 205 Å². The maximum Gasteiger partial charge on any atom is 0.278 e. The van der Waals surface area contributed by atoms with E-state index in [1.807, 2.05) is 13.8 Å². The predicted molar refractivity (Wildman–Crippen MR) is 555 cm³/mol. The average molecular weight is 1780 g/mol. The Balaban J connectivity index is 0.000000197. The summed E-state index contributed by atoms with van der Waals surface area (Å²) in [6, 6.07) is 25.4. The minimum absolute atomic E-state index is 0.0400. The van der Waals surface area contributed by atoms with Crippen molar-refractivity contribution in [2.45, 2.75) is 316 Å². The van der Waals surface area contributed by atoms with Crippen LogP contribution in [0.4, 0.5) is 45.5 Å². The average Bonchev–Trinajstić information content (AvgIpc) is 1.62. The Bertz CT molecular complexity index is 5910. The quantitative estimate of drug-likeness (QED) is 0.0341. The van der Waals surface area contributed by atoms with Gasteiger partial charge in [-0.15, -0.1) is 0 Å². The Hall–Kier alpha value is -11.0. The fourth-order valence-electron chi connectivity index (χ4n) is 17.2. The number of anilines is 4. The summed E-state index contributed by atoms with van der Waals surface area (Å²) in [5, 5.41) is 18.8. The van der Waals surface area contributed by atoms with E-state index < -0.39 is 0 Å². The minimum Gasteiger partial charge on any atom is -0.372 e. The van der Waals surface area contributed by atoms with Crippen LogP contribution >= 0.6 is 0 Å². The summed E-state index contributed by atoms with van der Waals surface area (Å²) in [5.74, 6) is 3.47. The molecule has 0 bridgehead atoms. The number of hydrogen-bond donors (Lipinski definition) is 0. The molecule has 24 nitrogen and oxygen atoms in total. The second-order valence-corrected chi connectivity index (χ2v) is 37.7. The smallest absolute Gasteiger partial charge is 0.278 e. The third kappa shape index (κ3) is 23.2. The van der Waals surface area contributed by atoms with E-state index in [4.69, 9.17) is 60.3 Å². The zero-order valence-corrected chi connectivity index (χ0v) is 85.7. The number of hydrogen-bond acceptors (Lipinski definition) is 20. The number of nitrogens with zero attached hydrogens (tertiary/aromatic N) is 20. The Morgan fingerprint density at radius 1 is 0.275 bits per heavy atom. The van der Waals surface area contributed by atoms with Gasteiger partial charge < -0.3 is 19.6 Å². The number of fused-ring (bicyclic) bond motifs is 4. The molecule has 8 aromatic rings. The molecule has 0 saturated carbocycles. The molecule has 4 aromatic heterocycles. The molecular weight excluding hydrogens is 1630 g/mol. The molecule has 0 aliphatic carbocycles. The molecule has 0 atom stereocenters. The van der Waals surface area contributed by atoms with Gasteiger partial charge in [-0.05, 0) is 264 Å². The van der Waals surface area contributed by atoms with Crippen molar-refractivity contribution in [1.82, 2.24) is 38.6 Å². The fourth-order valence-corrected chi connectivity index (χ4v) is 17.2. The summed E-state index contributed by atoms with van der Waals surface area (Å²) in [7, 11) is 0. The first-order valence-electron chi connectivity index (χ1n) is 49.1. The van der Waals surface area contributed by atoms with Crippen LogP contribution in [0.1, 0.15) is 359 Å². The van der Waals surface area contributed by atoms with Crippen LogP contribution in [0.15, 0.2) is 132 Å². The maximum absolute atomic E-state index is 13.6. The van der Waals surface area contributed by atoms with Gasteiger partial charge in [-0.3, -0.25) is 19.2 Å². The molecular formula is C107H154N20O4. The third-order valence-corrected chi connectivity index (χ3v) is 24.8. The highest BCUT2D eigenvalue weighted by Gasteiger charge is 2.37. The van der Waals surface area contributed by atoms with Gasteiger partial charge in [0.05, 0.1) is 68.4 Å². The second kappa shape index (κ2) is 46.4. The molecule has 24 heteroatoms. The van der Waals surface area contributed by atoms with Crippen molar-refractivity contribution in [3.63, 3.8) is 0 Å².